The molecule has 1 saturated carbocycles. The third-order valence-corrected chi connectivity index (χ3v) is 6.27. The van der Waals surface area contributed by atoms with E-state index in [-0.39, 0.29) is 41.7 Å². The highest BCUT2D eigenvalue weighted by molar-refractivity contribution is 6.10. The topological polar surface area (TPSA) is 66.5 Å². The molecule has 1 heterocycles. The van der Waals surface area contributed by atoms with Crippen LogP contribution in [0.25, 0.3) is 0 Å². The number of anilines is 1. The van der Waals surface area contributed by atoms with Crippen molar-refractivity contribution in [2.75, 3.05) is 5.32 Å². The molecule has 8 heteroatoms. The lowest BCUT2D eigenvalue weighted by Gasteiger charge is -2.28. The minimum Gasteiger partial charge on any atom is -0.324 e. The van der Waals surface area contributed by atoms with Gasteiger partial charge in [0.15, 0.2) is 0 Å². The zero-order valence-electron chi connectivity index (χ0n) is 16.6. The van der Waals surface area contributed by atoms with Crippen LogP contribution in [0.5, 0.6) is 0 Å². The first-order valence-electron chi connectivity index (χ1n) is 10.1. The number of rotatable bonds is 5. The molecule has 5 nitrogen and oxygen atoms in total. The number of allylic oxidation sites excluding steroid dienone is 2. The highest BCUT2D eigenvalue weighted by atomic mass is 19.4. The Balaban J connectivity index is 1.58. The number of benzene rings is 1. The van der Waals surface area contributed by atoms with Gasteiger partial charge < -0.3 is 5.32 Å². The van der Waals surface area contributed by atoms with Gasteiger partial charge in [-0.15, -0.1) is 0 Å². The molecule has 30 heavy (non-hydrogen) atoms. The predicted molar refractivity (Wildman–Crippen MR) is 103 cm³/mol. The predicted octanol–water partition coefficient (Wildman–Crippen LogP) is 3.87. The normalized spacial score (nSPS) is 28.4. The van der Waals surface area contributed by atoms with Gasteiger partial charge in [-0.1, -0.05) is 32.1 Å². The number of carbonyl (C=O) groups excluding carboxylic acids is 3. The maximum Gasteiger partial charge on any atom is 0.416 e. The average molecular weight is 420 g/mol. The third-order valence-electron chi connectivity index (χ3n) is 6.27. The van der Waals surface area contributed by atoms with Crippen molar-refractivity contribution in [3.8, 4) is 0 Å². The Hall–Kier alpha value is -2.64. The molecule has 1 aromatic rings. The monoisotopic (exact) mass is 420 g/mol. The van der Waals surface area contributed by atoms with Crippen molar-refractivity contribution in [2.24, 2.45) is 29.6 Å². The van der Waals surface area contributed by atoms with E-state index in [1.54, 1.807) is 0 Å². The van der Waals surface area contributed by atoms with Gasteiger partial charge in [-0.3, -0.25) is 19.3 Å². The van der Waals surface area contributed by atoms with E-state index in [1.165, 1.54) is 12.1 Å². The average Bonchev–Trinajstić information content (AvgIpc) is 3.33. The Kier molecular flexibility index (Phi) is 4.98. The van der Waals surface area contributed by atoms with E-state index >= 15 is 0 Å². The van der Waals surface area contributed by atoms with Crippen molar-refractivity contribution < 1.29 is 27.6 Å². The van der Waals surface area contributed by atoms with Crippen LogP contribution in [0.3, 0.4) is 0 Å². The molecular formula is C22H23F3N2O3. The van der Waals surface area contributed by atoms with Gasteiger partial charge in [0.05, 0.1) is 17.4 Å². The molecule has 160 valence electrons. The van der Waals surface area contributed by atoms with Gasteiger partial charge in [-0.2, -0.15) is 13.2 Å². The molecule has 0 aromatic heterocycles. The van der Waals surface area contributed by atoms with Crippen LogP contribution >= 0.6 is 0 Å². The first-order valence-corrected chi connectivity index (χ1v) is 10.1. The number of nitrogens with one attached hydrogen (secondary N) is 1. The molecule has 0 spiro atoms. The van der Waals surface area contributed by atoms with Gasteiger partial charge in [0.1, 0.15) is 6.04 Å². The summed E-state index contributed by atoms with van der Waals surface area (Å²) in [6, 6.07) is 3.27. The van der Waals surface area contributed by atoms with Crippen LogP contribution in [0.15, 0.2) is 36.4 Å². The number of likely N-dealkylation sites (tertiary alicyclic amines) is 1. The van der Waals surface area contributed by atoms with Crippen LogP contribution in [0, 0.1) is 29.6 Å². The maximum absolute atomic E-state index is 13.1. The van der Waals surface area contributed by atoms with Crippen LogP contribution in [0.2, 0.25) is 0 Å². The fourth-order valence-electron chi connectivity index (χ4n) is 5.01. The van der Waals surface area contributed by atoms with E-state index in [0.29, 0.717) is 0 Å². The Morgan fingerprint density at radius 3 is 2.27 bits per heavy atom. The summed E-state index contributed by atoms with van der Waals surface area (Å²) >= 11 is 0. The molecule has 4 rings (SSSR count). The van der Waals surface area contributed by atoms with Crippen molar-refractivity contribution in [3.63, 3.8) is 0 Å². The first kappa shape index (κ1) is 20.6. The summed E-state index contributed by atoms with van der Waals surface area (Å²) in [6.07, 6.45) is 0.431. The smallest absolute Gasteiger partial charge is 0.324 e. The lowest BCUT2D eigenvalue weighted by atomic mass is 9.85. The number of hydrogen-bond acceptors (Lipinski definition) is 3. The molecule has 5 atom stereocenters. The second-order valence-corrected chi connectivity index (χ2v) is 8.76. The number of carbonyl (C=O) groups is 3. The van der Waals surface area contributed by atoms with Crippen LogP contribution in [0.1, 0.15) is 32.3 Å². The summed E-state index contributed by atoms with van der Waals surface area (Å²) in [7, 11) is 0. The van der Waals surface area contributed by atoms with Crippen LogP contribution < -0.4 is 5.32 Å². The molecule has 1 N–H and O–H groups in total. The molecule has 1 aromatic carbocycles. The Morgan fingerprint density at radius 2 is 1.73 bits per heavy atom. The van der Waals surface area contributed by atoms with Crippen molar-refractivity contribution >= 4 is 23.4 Å². The molecule has 2 bridgehead atoms. The first-order chi connectivity index (χ1) is 14.1. The number of alkyl halides is 3. The van der Waals surface area contributed by atoms with Crippen molar-refractivity contribution in [3.05, 3.63) is 42.0 Å². The summed E-state index contributed by atoms with van der Waals surface area (Å²) in [5.41, 5.74) is -0.907. The zero-order chi connectivity index (χ0) is 21.8. The molecule has 1 aliphatic heterocycles. The molecule has 3 aliphatic rings. The Bertz CT molecular complexity index is 894. The quantitative estimate of drug-likeness (QED) is 0.581. The van der Waals surface area contributed by atoms with Gasteiger partial charge in [-0.05, 0) is 48.8 Å². The zero-order valence-corrected chi connectivity index (χ0v) is 16.6. The minimum absolute atomic E-state index is 0.00172. The van der Waals surface area contributed by atoms with Gasteiger partial charge >= 0.3 is 6.18 Å². The summed E-state index contributed by atoms with van der Waals surface area (Å²) in [5, 5.41) is 2.48. The fraction of sp³-hybridized carbons (Fsp3) is 0.500. The van der Waals surface area contributed by atoms with Crippen molar-refractivity contribution in [1.82, 2.24) is 4.90 Å². The van der Waals surface area contributed by atoms with E-state index in [1.807, 2.05) is 26.0 Å². The van der Waals surface area contributed by atoms with E-state index in [4.69, 9.17) is 0 Å². The number of nitrogens with zero attached hydrogens (tertiary/aromatic N) is 1. The van der Waals surface area contributed by atoms with Gasteiger partial charge in [0.2, 0.25) is 17.7 Å². The SMILES string of the molecule is CC(C)CC(C(=O)Nc1cccc(C(F)(F)F)c1)N1C(=O)C2C3C=CC(C3)C2C1=O. The van der Waals surface area contributed by atoms with Crippen LogP contribution in [-0.4, -0.2) is 28.7 Å². The molecule has 5 unspecified atom stereocenters. The largest absolute Gasteiger partial charge is 0.416 e. The highest BCUT2D eigenvalue weighted by Gasteiger charge is 2.61. The summed E-state index contributed by atoms with van der Waals surface area (Å²) in [6.45, 7) is 3.73. The van der Waals surface area contributed by atoms with E-state index in [2.05, 4.69) is 5.32 Å². The van der Waals surface area contributed by atoms with Crippen LogP contribution in [0.4, 0.5) is 18.9 Å². The third kappa shape index (κ3) is 3.42. The van der Waals surface area contributed by atoms with Crippen LogP contribution in [-0.2, 0) is 20.6 Å². The number of amides is 3. The maximum atomic E-state index is 13.1. The van der Waals surface area contributed by atoms with Gasteiger partial charge in [0.25, 0.3) is 0 Å². The second kappa shape index (κ2) is 7.25. The lowest BCUT2D eigenvalue weighted by molar-refractivity contribution is -0.147. The molecule has 0 radical (unpaired) electrons. The second-order valence-electron chi connectivity index (χ2n) is 8.76. The molecular weight excluding hydrogens is 397 g/mol. The van der Waals surface area contributed by atoms with Gasteiger partial charge in [0, 0.05) is 5.69 Å². The summed E-state index contributed by atoms with van der Waals surface area (Å²) in [4.78, 5) is 40.3. The molecule has 2 aliphatic carbocycles. The van der Waals surface area contributed by atoms with Crippen molar-refractivity contribution in [1.29, 1.82) is 0 Å². The molecule has 1 saturated heterocycles. The standard InChI is InChI=1S/C22H23F3N2O3/c1-11(2)8-16(19(28)26-15-5-3-4-14(10-15)22(23,24)25)27-20(29)17-12-6-7-13(9-12)18(17)21(27)30/h3-7,10-13,16-18H,8-9H2,1-2H3,(H,26,28). The van der Waals surface area contributed by atoms with E-state index in [9.17, 15) is 27.6 Å². The highest BCUT2D eigenvalue weighted by Crippen LogP contribution is 2.53. The molecule has 2 fully saturated rings. The minimum atomic E-state index is -4.54. The Labute approximate surface area is 172 Å². The summed E-state index contributed by atoms with van der Waals surface area (Å²) in [5.74, 6) is -2.14. The fourth-order valence-corrected chi connectivity index (χ4v) is 5.01. The number of imide groups is 1. The molecule has 3 amide bonds. The Morgan fingerprint density at radius 1 is 1.13 bits per heavy atom. The van der Waals surface area contributed by atoms with E-state index < -0.39 is 35.5 Å². The number of hydrogen-bond donors (Lipinski definition) is 1. The van der Waals surface area contributed by atoms with Gasteiger partial charge in [-0.25, -0.2) is 0 Å². The summed E-state index contributed by atoms with van der Waals surface area (Å²) < 4.78 is 38.9. The lowest BCUT2D eigenvalue weighted by Crippen LogP contribution is -2.49. The van der Waals surface area contributed by atoms with E-state index in [0.717, 1.165) is 23.5 Å². The number of halogens is 3. The number of fused-ring (bicyclic) bond motifs is 5. The van der Waals surface area contributed by atoms with Crippen molar-refractivity contribution in [2.45, 2.75) is 38.9 Å².